The minimum atomic E-state index is -2.91. The largest absolute Gasteiger partial charge is 0.434 e. The van der Waals surface area contributed by atoms with E-state index in [4.69, 9.17) is 17.3 Å². The van der Waals surface area contributed by atoms with Gasteiger partial charge in [-0.2, -0.15) is 8.78 Å². The number of nitrogens with zero attached hydrogens (tertiary/aromatic N) is 2. The number of aromatic nitrogens is 2. The Kier molecular flexibility index (Phi) is 6.38. The molecule has 0 aliphatic heterocycles. The Morgan fingerprint density at radius 1 is 1.14 bits per heavy atom. The summed E-state index contributed by atoms with van der Waals surface area (Å²) in [6.07, 6.45) is 1.44. The average Bonchev–Trinajstić information content (AvgIpc) is 2.68. The minimum Gasteiger partial charge on any atom is -0.434 e. The van der Waals surface area contributed by atoms with Crippen molar-refractivity contribution in [2.75, 3.05) is 11.9 Å². The highest BCUT2D eigenvalue weighted by molar-refractivity contribution is 6.31. The standard InChI is InChI=1S/C20H19ClF2N4O/c1-12-6-7-13(8-15(12)21)17-9-19(27-11-26-17)25-10-16(24)14-4-2-3-5-18(14)28-20(22)23/h2-9,11,16,20H,10,24H2,1H3,(H,25,26,27)/t16-/m0/s1. The number of halogens is 3. The third-order valence-corrected chi connectivity index (χ3v) is 4.58. The first-order valence-corrected chi connectivity index (χ1v) is 8.93. The molecule has 0 fully saturated rings. The molecule has 0 unspecified atom stereocenters. The monoisotopic (exact) mass is 404 g/mol. The van der Waals surface area contributed by atoms with Gasteiger partial charge in [0.2, 0.25) is 0 Å². The second-order valence-corrected chi connectivity index (χ2v) is 6.56. The van der Waals surface area contributed by atoms with Crippen LogP contribution in [0.4, 0.5) is 14.6 Å². The number of ether oxygens (including phenoxy) is 1. The number of anilines is 1. The summed E-state index contributed by atoms with van der Waals surface area (Å²) in [7, 11) is 0. The van der Waals surface area contributed by atoms with Crippen LogP contribution < -0.4 is 15.8 Å². The molecule has 0 saturated heterocycles. The van der Waals surface area contributed by atoms with Crippen LogP contribution in [0.25, 0.3) is 11.3 Å². The van der Waals surface area contributed by atoms with Crippen molar-refractivity contribution in [3.05, 3.63) is 71.0 Å². The van der Waals surface area contributed by atoms with Crippen molar-refractivity contribution in [2.45, 2.75) is 19.6 Å². The van der Waals surface area contributed by atoms with E-state index in [-0.39, 0.29) is 12.3 Å². The third-order valence-electron chi connectivity index (χ3n) is 4.17. The van der Waals surface area contributed by atoms with E-state index >= 15 is 0 Å². The van der Waals surface area contributed by atoms with Crippen molar-refractivity contribution >= 4 is 17.4 Å². The summed E-state index contributed by atoms with van der Waals surface area (Å²) >= 11 is 6.18. The number of nitrogens with one attached hydrogen (secondary N) is 1. The van der Waals surface area contributed by atoms with Gasteiger partial charge in [-0.1, -0.05) is 41.9 Å². The highest BCUT2D eigenvalue weighted by Gasteiger charge is 2.15. The molecule has 0 bridgehead atoms. The van der Waals surface area contributed by atoms with Crippen LogP contribution in [0.1, 0.15) is 17.2 Å². The Balaban J connectivity index is 1.72. The summed E-state index contributed by atoms with van der Waals surface area (Å²) < 4.78 is 29.7. The number of alkyl halides is 2. The normalized spacial score (nSPS) is 12.1. The van der Waals surface area contributed by atoms with Crippen LogP contribution >= 0.6 is 11.6 Å². The van der Waals surface area contributed by atoms with Gasteiger partial charge < -0.3 is 15.8 Å². The molecule has 3 N–H and O–H groups in total. The predicted octanol–water partition coefficient (Wildman–Crippen LogP) is 4.82. The van der Waals surface area contributed by atoms with Crippen LogP contribution in [0.2, 0.25) is 5.02 Å². The molecular formula is C20H19ClF2N4O. The molecule has 1 aromatic heterocycles. The minimum absolute atomic E-state index is 0.0597. The molecule has 5 nitrogen and oxygen atoms in total. The second kappa shape index (κ2) is 8.95. The zero-order valence-corrected chi connectivity index (χ0v) is 15.8. The quantitative estimate of drug-likeness (QED) is 0.590. The van der Waals surface area contributed by atoms with Crippen LogP contribution in [-0.2, 0) is 0 Å². The number of hydrogen-bond donors (Lipinski definition) is 2. The van der Waals surface area contributed by atoms with Crippen LogP contribution in [0, 0.1) is 6.92 Å². The summed E-state index contributed by atoms with van der Waals surface area (Å²) in [5, 5.41) is 3.76. The van der Waals surface area contributed by atoms with Gasteiger partial charge in [-0.3, -0.25) is 0 Å². The maximum absolute atomic E-state index is 12.6. The molecule has 2 aromatic carbocycles. The first-order valence-electron chi connectivity index (χ1n) is 8.56. The molecule has 1 heterocycles. The van der Waals surface area contributed by atoms with Gasteiger partial charge in [-0.25, -0.2) is 9.97 Å². The van der Waals surface area contributed by atoms with Gasteiger partial charge in [0.15, 0.2) is 0 Å². The van der Waals surface area contributed by atoms with Crippen molar-refractivity contribution in [1.82, 2.24) is 9.97 Å². The highest BCUT2D eigenvalue weighted by Crippen LogP contribution is 2.27. The smallest absolute Gasteiger partial charge is 0.387 e. The van der Waals surface area contributed by atoms with Crippen molar-refractivity contribution < 1.29 is 13.5 Å². The van der Waals surface area contributed by atoms with Gasteiger partial charge in [0.25, 0.3) is 0 Å². The maximum atomic E-state index is 12.6. The molecule has 28 heavy (non-hydrogen) atoms. The Morgan fingerprint density at radius 2 is 1.93 bits per heavy atom. The molecule has 3 aromatic rings. The molecule has 0 aliphatic carbocycles. The lowest BCUT2D eigenvalue weighted by Crippen LogP contribution is -2.22. The number of hydrogen-bond acceptors (Lipinski definition) is 5. The lowest BCUT2D eigenvalue weighted by molar-refractivity contribution is -0.0505. The SMILES string of the molecule is Cc1ccc(-c2cc(NC[C@H](N)c3ccccc3OC(F)F)ncn2)cc1Cl. The number of nitrogens with two attached hydrogens (primary N) is 1. The van der Waals surface area contributed by atoms with E-state index in [1.54, 1.807) is 24.3 Å². The Labute approximate surface area is 166 Å². The first kappa shape index (κ1) is 20.0. The van der Waals surface area contributed by atoms with Gasteiger partial charge in [0.1, 0.15) is 17.9 Å². The fourth-order valence-electron chi connectivity index (χ4n) is 2.68. The van der Waals surface area contributed by atoms with Crippen molar-refractivity contribution in [3.63, 3.8) is 0 Å². The van der Waals surface area contributed by atoms with Crippen molar-refractivity contribution in [2.24, 2.45) is 5.73 Å². The van der Waals surface area contributed by atoms with Crippen LogP contribution in [0.5, 0.6) is 5.75 Å². The summed E-state index contributed by atoms with van der Waals surface area (Å²) in [6, 6.07) is 13.3. The number of aryl methyl sites for hydroxylation is 1. The van der Waals surface area contributed by atoms with Crippen LogP contribution in [0.15, 0.2) is 54.9 Å². The molecule has 0 radical (unpaired) electrons. The van der Waals surface area contributed by atoms with Gasteiger partial charge in [-0.05, 0) is 24.6 Å². The molecule has 0 saturated carbocycles. The molecule has 146 valence electrons. The fourth-order valence-corrected chi connectivity index (χ4v) is 2.86. The predicted molar refractivity (Wildman–Crippen MR) is 106 cm³/mol. The van der Waals surface area contributed by atoms with E-state index in [0.717, 1.165) is 11.1 Å². The van der Waals surface area contributed by atoms with Crippen LogP contribution in [-0.4, -0.2) is 23.1 Å². The van der Waals surface area contributed by atoms with E-state index < -0.39 is 12.7 Å². The van der Waals surface area contributed by atoms with E-state index in [2.05, 4.69) is 20.0 Å². The highest BCUT2D eigenvalue weighted by atomic mass is 35.5. The summed E-state index contributed by atoms with van der Waals surface area (Å²) in [6.45, 7) is -0.711. The van der Waals surface area contributed by atoms with Gasteiger partial charge in [-0.15, -0.1) is 0 Å². The molecule has 1 atom stereocenters. The summed E-state index contributed by atoms with van der Waals surface area (Å²) in [4.78, 5) is 8.45. The second-order valence-electron chi connectivity index (χ2n) is 6.16. The van der Waals surface area contributed by atoms with Gasteiger partial charge in [0.05, 0.1) is 11.7 Å². The first-order chi connectivity index (χ1) is 13.4. The van der Waals surface area contributed by atoms with Crippen LogP contribution in [0.3, 0.4) is 0 Å². The maximum Gasteiger partial charge on any atom is 0.387 e. The molecule has 0 aliphatic rings. The van der Waals surface area contributed by atoms with E-state index in [0.29, 0.717) is 22.1 Å². The van der Waals surface area contributed by atoms with Gasteiger partial charge >= 0.3 is 6.61 Å². The molecule has 0 amide bonds. The Morgan fingerprint density at radius 3 is 2.68 bits per heavy atom. The molecule has 0 spiro atoms. The topological polar surface area (TPSA) is 73.1 Å². The van der Waals surface area contributed by atoms with Gasteiger partial charge in [0, 0.05) is 28.8 Å². The number of rotatable bonds is 7. The number of para-hydroxylation sites is 1. The van der Waals surface area contributed by atoms with Crippen molar-refractivity contribution in [1.29, 1.82) is 0 Å². The van der Waals surface area contributed by atoms with E-state index in [1.807, 2.05) is 25.1 Å². The fraction of sp³-hybridized carbons (Fsp3) is 0.200. The van der Waals surface area contributed by atoms with E-state index in [9.17, 15) is 8.78 Å². The lowest BCUT2D eigenvalue weighted by atomic mass is 10.1. The number of benzene rings is 2. The zero-order valence-electron chi connectivity index (χ0n) is 15.1. The molecular weight excluding hydrogens is 386 g/mol. The molecule has 8 heteroatoms. The Bertz CT molecular complexity index is 955. The lowest BCUT2D eigenvalue weighted by Gasteiger charge is -2.17. The summed E-state index contributed by atoms with van der Waals surface area (Å²) in [5.74, 6) is 0.619. The zero-order chi connectivity index (χ0) is 20.1. The third kappa shape index (κ3) is 4.94. The average molecular weight is 405 g/mol. The Hall–Kier alpha value is -2.77. The van der Waals surface area contributed by atoms with E-state index in [1.165, 1.54) is 12.4 Å². The van der Waals surface area contributed by atoms with Crippen molar-refractivity contribution in [3.8, 4) is 17.0 Å². The molecule has 3 rings (SSSR count). The summed E-state index contributed by atoms with van der Waals surface area (Å²) in [5.41, 5.74) is 9.18.